The molecule has 0 aliphatic carbocycles. The van der Waals surface area contributed by atoms with Crippen molar-refractivity contribution in [3.05, 3.63) is 83.4 Å². The zero-order valence-electron chi connectivity index (χ0n) is 19.0. The van der Waals surface area contributed by atoms with E-state index in [2.05, 4.69) is 20.4 Å². The average Bonchev–Trinajstić information content (AvgIpc) is 3.07. The maximum Gasteiger partial charge on any atom is 0.262 e. The molecule has 4 rings (SSSR count). The number of rotatable bonds is 7. The monoisotopic (exact) mass is 443 g/mol. The van der Waals surface area contributed by atoms with E-state index in [1.54, 1.807) is 35.0 Å². The lowest BCUT2D eigenvalue weighted by Gasteiger charge is -2.10. The third kappa shape index (κ3) is 5.35. The number of carbonyl (C=O) groups excluding carboxylic acids is 1. The first-order valence-corrected chi connectivity index (χ1v) is 10.5. The van der Waals surface area contributed by atoms with Gasteiger partial charge in [0.15, 0.2) is 12.4 Å². The minimum absolute atomic E-state index is 0.0726. The molecule has 0 saturated heterocycles. The van der Waals surface area contributed by atoms with Crippen LogP contribution in [0.2, 0.25) is 0 Å². The third-order valence-corrected chi connectivity index (χ3v) is 5.25. The minimum atomic E-state index is -0.245. The fourth-order valence-corrected chi connectivity index (χ4v) is 3.15. The van der Waals surface area contributed by atoms with Crippen molar-refractivity contribution in [3.8, 4) is 23.2 Å². The predicted octanol–water partition coefficient (Wildman–Crippen LogP) is 4.71. The van der Waals surface area contributed by atoms with Gasteiger partial charge in [0.2, 0.25) is 5.88 Å². The number of aryl methyl sites for hydroxylation is 2. The smallest absolute Gasteiger partial charge is 0.262 e. The second-order valence-corrected chi connectivity index (χ2v) is 7.70. The van der Waals surface area contributed by atoms with E-state index < -0.39 is 0 Å². The lowest BCUT2D eigenvalue weighted by molar-refractivity contribution is -0.118. The van der Waals surface area contributed by atoms with Crippen LogP contribution >= 0.6 is 0 Å². The summed E-state index contributed by atoms with van der Waals surface area (Å²) in [5.41, 5.74) is 4.87. The molecule has 4 aromatic rings. The van der Waals surface area contributed by atoms with Gasteiger partial charge in [0.05, 0.1) is 5.69 Å². The summed E-state index contributed by atoms with van der Waals surface area (Å²) in [5, 5.41) is 7.33. The van der Waals surface area contributed by atoms with Crippen LogP contribution in [0.5, 0.6) is 17.4 Å². The van der Waals surface area contributed by atoms with Crippen LogP contribution in [0.25, 0.3) is 5.82 Å². The first-order chi connectivity index (χ1) is 15.9. The van der Waals surface area contributed by atoms with Gasteiger partial charge in [-0.15, -0.1) is 0 Å². The Labute approximate surface area is 192 Å². The van der Waals surface area contributed by atoms with Crippen LogP contribution in [-0.4, -0.2) is 32.3 Å². The quantitative estimate of drug-likeness (QED) is 0.445. The van der Waals surface area contributed by atoms with Crippen LogP contribution in [0.3, 0.4) is 0 Å². The molecule has 8 nitrogen and oxygen atoms in total. The van der Waals surface area contributed by atoms with Crippen molar-refractivity contribution in [3.63, 3.8) is 0 Å². The van der Waals surface area contributed by atoms with E-state index in [0.717, 1.165) is 22.5 Å². The van der Waals surface area contributed by atoms with Crippen molar-refractivity contribution < 1.29 is 14.3 Å². The van der Waals surface area contributed by atoms with Gasteiger partial charge < -0.3 is 14.8 Å². The molecule has 8 heteroatoms. The largest absolute Gasteiger partial charge is 0.484 e. The highest BCUT2D eigenvalue weighted by Crippen LogP contribution is 2.23. The van der Waals surface area contributed by atoms with Crippen molar-refractivity contribution in [1.29, 1.82) is 0 Å². The van der Waals surface area contributed by atoms with Gasteiger partial charge in [0.25, 0.3) is 5.91 Å². The average molecular weight is 444 g/mol. The summed E-state index contributed by atoms with van der Waals surface area (Å²) in [4.78, 5) is 20.7. The van der Waals surface area contributed by atoms with Gasteiger partial charge in [0, 0.05) is 17.4 Å². The number of hydrogen-bond acceptors (Lipinski definition) is 6. The van der Waals surface area contributed by atoms with Gasteiger partial charge in [-0.05, 0) is 69.7 Å². The van der Waals surface area contributed by atoms with Gasteiger partial charge in [0.1, 0.15) is 17.8 Å². The standard InChI is InChI=1S/C25H25N5O3/c1-16-5-9-21(10-6-16)32-14-24(31)28-20-7-11-22(12-8-20)33-25-13-23(26-15-27-25)30-19(4)17(2)18(3)29-30/h5-13,15H,14H2,1-4H3,(H,28,31). The lowest BCUT2D eigenvalue weighted by Crippen LogP contribution is -2.20. The number of benzene rings is 2. The van der Waals surface area contributed by atoms with Crippen LogP contribution in [0.1, 0.15) is 22.5 Å². The predicted molar refractivity (Wildman–Crippen MR) is 125 cm³/mol. The minimum Gasteiger partial charge on any atom is -0.484 e. The summed E-state index contributed by atoms with van der Waals surface area (Å²) < 4.78 is 13.1. The second-order valence-electron chi connectivity index (χ2n) is 7.70. The van der Waals surface area contributed by atoms with E-state index >= 15 is 0 Å². The summed E-state index contributed by atoms with van der Waals surface area (Å²) in [6.07, 6.45) is 1.44. The van der Waals surface area contributed by atoms with Crippen LogP contribution in [0.4, 0.5) is 5.69 Å². The Kier molecular flexibility index (Phi) is 6.35. The molecule has 0 unspecified atom stereocenters. The molecular weight excluding hydrogens is 418 g/mol. The van der Waals surface area contributed by atoms with E-state index in [1.807, 2.05) is 52.0 Å². The molecule has 0 spiro atoms. The van der Waals surface area contributed by atoms with E-state index in [-0.39, 0.29) is 12.5 Å². The van der Waals surface area contributed by atoms with Gasteiger partial charge in [-0.25, -0.2) is 14.6 Å². The van der Waals surface area contributed by atoms with Crippen LogP contribution in [0, 0.1) is 27.7 Å². The molecule has 0 radical (unpaired) electrons. The maximum atomic E-state index is 12.2. The van der Waals surface area contributed by atoms with E-state index in [1.165, 1.54) is 6.33 Å². The number of hydrogen-bond donors (Lipinski definition) is 1. The number of ether oxygens (including phenoxy) is 2. The Morgan fingerprint density at radius 1 is 0.939 bits per heavy atom. The number of aromatic nitrogens is 4. The molecule has 1 N–H and O–H groups in total. The highest BCUT2D eigenvalue weighted by molar-refractivity contribution is 5.91. The maximum absolute atomic E-state index is 12.2. The van der Waals surface area contributed by atoms with Crippen LogP contribution < -0.4 is 14.8 Å². The summed E-state index contributed by atoms with van der Waals surface area (Å²) >= 11 is 0. The Bertz CT molecular complexity index is 1260. The molecule has 2 heterocycles. The first-order valence-electron chi connectivity index (χ1n) is 10.5. The first kappa shape index (κ1) is 22.0. The molecule has 0 fully saturated rings. The zero-order chi connectivity index (χ0) is 23.4. The molecule has 2 aromatic carbocycles. The molecule has 0 saturated carbocycles. The van der Waals surface area contributed by atoms with Gasteiger partial charge in [-0.1, -0.05) is 17.7 Å². The molecule has 1 amide bonds. The topological polar surface area (TPSA) is 91.2 Å². The van der Waals surface area contributed by atoms with E-state index in [9.17, 15) is 4.79 Å². The van der Waals surface area contributed by atoms with Gasteiger partial charge >= 0.3 is 0 Å². The molecule has 2 aromatic heterocycles. The summed E-state index contributed by atoms with van der Waals surface area (Å²) in [7, 11) is 0. The van der Waals surface area contributed by atoms with Crippen LogP contribution in [0.15, 0.2) is 60.9 Å². The van der Waals surface area contributed by atoms with Gasteiger partial charge in [-0.2, -0.15) is 5.10 Å². The number of nitrogens with zero attached hydrogens (tertiary/aromatic N) is 4. The number of amides is 1. The molecule has 33 heavy (non-hydrogen) atoms. The highest BCUT2D eigenvalue weighted by Gasteiger charge is 2.11. The normalized spacial score (nSPS) is 10.7. The van der Waals surface area contributed by atoms with Crippen molar-refractivity contribution in [1.82, 2.24) is 19.7 Å². The van der Waals surface area contributed by atoms with Crippen molar-refractivity contribution in [2.75, 3.05) is 11.9 Å². The fraction of sp³-hybridized carbons (Fsp3) is 0.200. The van der Waals surface area contributed by atoms with Crippen molar-refractivity contribution in [2.24, 2.45) is 0 Å². The van der Waals surface area contributed by atoms with Crippen molar-refractivity contribution >= 4 is 11.6 Å². The summed E-state index contributed by atoms with van der Waals surface area (Å²) in [6, 6.07) is 16.3. The number of nitrogens with one attached hydrogen (secondary N) is 1. The Hall–Kier alpha value is -4.20. The van der Waals surface area contributed by atoms with Gasteiger partial charge in [-0.3, -0.25) is 4.79 Å². The highest BCUT2D eigenvalue weighted by atomic mass is 16.5. The molecule has 0 aliphatic rings. The second kappa shape index (κ2) is 9.52. The molecule has 0 aliphatic heterocycles. The lowest BCUT2D eigenvalue weighted by atomic mass is 10.2. The summed E-state index contributed by atoms with van der Waals surface area (Å²) in [5.74, 6) is 2.02. The Morgan fingerprint density at radius 3 is 2.30 bits per heavy atom. The van der Waals surface area contributed by atoms with Crippen LogP contribution in [-0.2, 0) is 4.79 Å². The fourth-order valence-electron chi connectivity index (χ4n) is 3.15. The summed E-state index contributed by atoms with van der Waals surface area (Å²) in [6.45, 7) is 7.91. The molecule has 0 atom stereocenters. The Balaban J connectivity index is 1.36. The number of anilines is 1. The molecular formula is C25H25N5O3. The van der Waals surface area contributed by atoms with Crippen molar-refractivity contribution in [2.45, 2.75) is 27.7 Å². The SMILES string of the molecule is Cc1ccc(OCC(=O)Nc2ccc(Oc3cc(-n4nc(C)c(C)c4C)ncn3)cc2)cc1. The molecule has 0 bridgehead atoms. The Morgan fingerprint density at radius 2 is 1.64 bits per heavy atom. The third-order valence-electron chi connectivity index (χ3n) is 5.25. The zero-order valence-corrected chi connectivity index (χ0v) is 19.0. The van der Waals surface area contributed by atoms with E-state index in [0.29, 0.717) is 28.9 Å². The number of carbonyl (C=O) groups is 1. The molecule has 168 valence electrons. The van der Waals surface area contributed by atoms with E-state index in [4.69, 9.17) is 9.47 Å².